The van der Waals surface area contributed by atoms with E-state index in [1.807, 2.05) is 31.2 Å². The lowest BCUT2D eigenvalue weighted by molar-refractivity contribution is -0.138. The number of aliphatic hydroxyl groups is 1. The Labute approximate surface area is 106 Å². The number of para-hydroxylation sites is 2. The van der Waals surface area contributed by atoms with Crippen LogP contribution in [-0.2, 0) is 4.79 Å². The van der Waals surface area contributed by atoms with E-state index in [1.165, 1.54) is 0 Å². The third-order valence-corrected chi connectivity index (χ3v) is 2.97. The Hall–Kier alpha value is -1.75. The summed E-state index contributed by atoms with van der Waals surface area (Å²) in [5.74, 6) is 0.607. The van der Waals surface area contributed by atoms with Gasteiger partial charge in [0.15, 0.2) is 6.10 Å². The second kappa shape index (κ2) is 5.73. The second-order valence-corrected chi connectivity index (χ2v) is 4.13. The van der Waals surface area contributed by atoms with Gasteiger partial charge in [-0.05, 0) is 19.1 Å². The van der Waals surface area contributed by atoms with Crippen LogP contribution < -0.4 is 10.1 Å². The molecule has 1 aliphatic rings. The molecule has 5 nitrogen and oxygen atoms in total. The summed E-state index contributed by atoms with van der Waals surface area (Å²) in [5.41, 5.74) is 0.909. The predicted octanol–water partition coefficient (Wildman–Crippen LogP) is 0.700. The molecule has 1 heterocycles. The highest BCUT2D eigenvalue weighted by Gasteiger charge is 2.28. The van der Waals surface area contributed by atoms with Crippen molar-refractivity contribution in [2.24, 2.45) is 0 Å². The standard InChI is InChI=1S/C13H18N2O3/c1-2-15(7-8-16)13(17)12-9-14-10-5-3-4-6-11(10)18-12/h3-6,12,14,16H,2,7-9H2,1H3. The molecular formula is C13H18N2O3. The second-order valence-electron chi connectivity index (χ2n) is 4.13. The van der Waals surface area contributed by atoms with E-state index in [2.05, 4.69) is 5.32 Å². The average molecular weight is 250 g/mol. The highest BCUT2D eigenvalue weighted by molar-refractivity contribution is 5.83. The first-order valence-electron chi connectivity index (χ1n) is 6.15. The van der Waals surface area contributed by atoms with E-state index < -0.39 is 6.10 Å². The molecule has 1 atom stereocenters. The monoisotopic (exact) mass is 250 g/mol. The van der Waals surface area contributed by atoms with Crippen LogP contribution in [0.4, 0.5) is 5.69 Å². The Morgan fingerprint density at radius 3 is 3.06 bits per heavy atom. The number of hydrogen-bond donors (Lipinski definition) is 2. The number of anilines is 1. The Morgan fingerprint density at radius 2 is 2.33 bits per heavy atom. The third-order valence-electron chi connectivity index (χ3n) is 2.97. The van der Waals surface area contributed by atoms with Gasteiger partial charge in [0.25, 0.3) is 5.91 Å². The summed E-state index contributed by atoms with van der Waals surface area (Å²) >= 11 is 0. The average Bonchev–Trinajstić information content (AvgIpc) is 2.43. The van der Waals surface area contributed by atoms with Crippen LogP contribution in [0.3, 0.4) is 0 Å². The minimum atomic E-state index is -0.522. The van der Waals surface area contributed by atoms with Gasteiger partial charge in [-0.15, -0.1) is 0 Å². The van der Waals surface area contributed by atoms with Gasteiger partial charge in [0.2, 0.25) is 0 Å². The van der Waals surface area contributed by atoms with E-state index >= 15 is 0 Å². The zero-order valence-corrected chi connectivity index (χ0v) is 10.4. The van der Waals surface area contributed by atoms with Crippen LogP contribution in [0.5, 0.6) is 5.75 Å². The molecule has 2 N–H and O–H groups in total. The van der Waals surface area contributed by atoms with Crippen molar-refractivity contribution in [2.75, 3.05) is 31.6 Å². The van der Waals surface area contributed by atoms with Gasteiger partial charge in [-0.2, -0.15) is 0 Å². The molecule has 1 unspecified atom stereocenters. The van der Waals surface area contributed by atoms with Crippen LogP contribution in [-0.4, -0.2) is 48.3 Å². The van der Waals surface area contributed by atoms with Gasteiger partial charge in [-0.3, -0.25) is 4.79 Å². The molecule has 0 saturated heterocycles. The van der Waals surface area contributed by atoms with Crippen molar-refractivity contribution >= 4 is 11.6 Å². The molecular weight excluding hydrogens is 232 g/mol. The van der Waals surface area contributed by atoms with Crippen molar-refractivity contribution in [2.45, 2.75) is 13.0 Å². The number of aliphatic hydroxyl groups excluding tert-OH is 1. The van der Waals surface area contributed by atoms with Gasteiger partial charge in [0, 0.05) is 13.1 Å². The molecule has 0 bridgehead atoms. The summed E-state index contributed by atoms with van der Waals surface area (Å²) in [7, 11) is 0. The van der Waals surface area contributed by atoms with E-state index in [0.717, 1.165) is 5.69 Å². The lowest BCUT2D eigenvalue weighted by Gasteiger charge is -2.30. The third kappa shape index (κ3) is 2.56. The fraction of sp³-hybridized carbons (Fsp3) is 0.462. The molecule has 0 spiro atoms. The summed E-state index contributed by atoms with van der Waals surface area (Å²) in [4.78, 5) is 13.8. The molecule has 0 aromatic heterocycles. The molecule has 1 aromatic carbocycles. The van der Waals surface area contributed by atoms with E-state index in [-0.39, 0.29) is 12.5 Å². The number of rotatable bonds is 4. The summed E-state index contributed by atoms with van der Waals surface area (Å²) in [6, 6.07) is 7.55. The molecule has 0 fully saturated rings. The lowest BCUT2D eigenvalue weighted by atomic mass is 10.2. The number of fused-ring (bicyclic) bond motifs is 1. The highest BCUT2D eigenvalue weighted by Crippen LogP contribution is 2.28. The molecule has 0 aliphatic carbocycles. The van der Waals surface area contributed by atoms with Gasteiger partial charge in [-0.1, -0.05) is 12.1 Å². The number of ether oxygens (including phenoxy) is 1. The van der Waals surface area contributed by atoms with Crippen LogP contribution in [0.25, 0.3) is 0 Å². The van der Waals surface area contributed by atoms with Crippen LogP contribution in [0.1, 0.15) is 6.92 Å². The number of carbonyl (C=O) groups excluding carboxylic acids is 1. The van der Waals surface area contributed by atoms with E-state index in [0.29, 0.717) is 25.4 Å². The maximum atomic E-state index is 12.2. The summed E-state index contributed by atoms with van der Waals surface area (Å²) in [6.45, 7) is 3.23. The van der Waals surface area contributed by atoms with Crippen LogP contribution in [0.15, 0.2) is 24.3 Å². The number of nitrogens with one attached hydrogen (secondary N) is 1. The normalized spacial score (nSPS) is 17.3. The molecule has 2 rings (SSSR count). The first kappa shape index (κ1) is 12.7. The molecule has 18 heavy (non-hydrogen) atoms. The van der Waals surface area contributed by atoms with Gasteiger partial charge >= 0.3 is 0 Å². The quantitative estimate of drug-likeness (QED) is 0.826. The van der Waals surface area contributed by atoms with Gasteiger partial charge < -0.3 is 20.1 Å². The molecule has 5 heteroatoms. The van der Waals surface area contributed by atoms with Crippen molar-refractivity contribution in [3.63, 3.8) is 0 Å². The first-order valence-corrected chi connectivity index (χ1v) is 6.15. The fourth-order valence-corrected chi connectivity index (χ4v) is 2.00. The molecule has 0 saturated carbocycles. The van der Waals surface area contributed by atoms with Gasteiger partial charge in [0.05, 0.1) is 18.8 Å². The Kier molecular flexibility index (Phi) is 4.04. The largest absolute Gasteiger partial charge is 0.477 e. The summed E-state index contributed by atoms with van der Waals surface area (Å²) < 4.78 is 5.69. The first-order chi connectivity index (χ1) is 8.76. The predicted molar refractivity (Wildman–Crippen MR) is 68.7 cm³/mol. The highest BCUT2D eigenvalue weighted by atomic mass is 16.5. The van der Waals surface area contributed by atoms with Crippen molar-refractivity contribution < 1.29 is 14.6 Å². The topological polar surface area (TPSA) is 61.8 Å². The minimum absolute atomic E-state index is 0.0314. The van der Waals surface area contributed by atoms with E-state index in [4.69, 9.17) is 9.84 Å². The van der Waals surface area contributed by atoms with Crippen LogP contribution in [0, 0.1) is 0 Å². The zero-order valence-electron chi connectivity index (χ0n) is 10.4. The number of benzene rings is 1. The summed E-state index contributed by atoms with van der Waals surface area (Å²) in [6.07, 6.45) is -0.522. The number of likely N-dealkylation sites (N-methyl/N-ethyl adjacent to an activating group) is 1. The molecule has 1 aromatic rings. The van der Waals surface area contributed by atoms with Gasteiger partial charge in [-0.25, -0.2) is 0 Å². The van der Waals surface area contributed by atoms with Crippen LogP contribution in [0.2, 0.25) is 0 Å². The number of nitrogens with zero attached hydrogens (tertiary/aromatic N) is 1. The van der Waals surface area contributed by atoms with Crippen molar-refractivity contribution in [1.29, 1.82) is 0 Å². The maximum Gasteiger partial charge on any atom is 0.265 e. The van der Waals surface area contributed by atoms with Crippen molar-refractivity contribution in [1.82, 2.24) is 4.90 Å². The molecule has 1 amide bonds. The zero-order chi connectivity index (χ0) is 13.0. The Balaban J connectivity index is 2.06. The van der Waals surface area contributed by atoms with Gasteiger partial charge in [0.1, 0.15) is 5.75 Å². The van der Waals surface area contributed by atoms with Crippen molar-refractivity contribution in [3.8, 4) is 5.75 Å². The lowest BCUT2D eigenvalue weighted by Crippen LogP contribution is -2.47. The maximum absolute atomic E-state index is 12.2. The van der Waals surface area contributed by atoms with Crippen molar-refractivity contribution in [3.05, 3.63) is 24.3 Å². The summed E-state index contributed by atoms with van der Waals surface area (Å²) in [5, 5.41) is 12.1. The molecule has 1 aliphatic heterocycles. The SMILES string of the molecule is CCN(CCO)C(=O)C1CNc2ccccc2O1. The van der Waals surface area contributed by atoms with Crippen LogP contribution >= 0.6 is 0 Å². The van der Waals surface area contributed by atoms with E-state index in [1.54, 1.807) is 4.90 Å². The Bertz CT molecular complexity index is 422. The number of carbonyl (C=O) groups is 1. The van der Waals surface area contributed by atoms with E-state index in [9.17, 15) is 4.79 Å². The number of amides is 1. The molecule has 98 valence electrons. The molecule has 0 radical (unpaired) electrons. The Morgan fingerprint density at radius 1 is 1.56 bits per heavy atom. The fourth-order valence-electron chi connectivity index (χ4n) is 2.00. The number of hydrogen-bond acceptors (Lipinski definition) is 4. The minimum Gasteiger partial charge on any atom is -0.477 e. The smallest absolute Gasteiger partial charge is 0.265 e.